The lowest BCUT2D eigenvalue weighted by molar-refractivity contribution is 0.0524. The molecule has 1 aliphatic carbocycles. The van der Waals surface area contributed by atoms with Crippen molar-refractivity contribution >= 4 is 22.8 Å². The zero-order valence-electron chi connectivity index (χ0n) is 28.7. The highest BCUT2D eigenvalue weighted by Crippen LogP contribution is 2.46. The zero-order chi connectivity index (χ0) is 34.4. The Balaban J connectivity index is 1.26. The molecule has 1 aliphatic heterocycles. The number of likely N-dealkylation sites (N-methyl/N-ethyl adjacent to an activating group) is 1. The van der Waals surface area contributed by atoms with Crippen LogP contribution < -0.4 is 10.9 Å². The molecule has 2 aliphatic rings. The summed E-state index contributed by atoms with van der Waals surface area (Å²) in [7, 11) is 2.20. The summed E-state index contributed by atoms with van der Waals surface area (Å²) in [4.78, 5) is 31.3. The molecular weight excluding hydrogens is 639 g/mol. The summed E-state index contributed by atoms with van der Waals surface area (Å²) in [5, 5.41) is 4.26. The highest BCUT2D eigenvalue weighted by Gasteiger charge is 2.40. The first-order valence-corrected chi connectivity index (χ1v) is 18.3. The third-order valence-electron chi connectivity index (χ3n) is 10.3. The number of rotatable bonds is 9. The Kier molecular flexibility index (Phi) is 8.51. The summed E-state index contributed by atoms with van der Waals surface area (Å²) in [5.41, 5.74) is 8.22. The van der Waals surface area contributed by atoms with Gasteiger partial charge in [-0.2, -0.15) is 0 Å². The number of carbonyl (C=O) groups excluding carboxylic acids is 1. The number of fused-ring (bicyclic) bond motifs is 2. The number of nitrogens with one attached hydrogen (secondary N) is 1. The number of thiophene rings is 1. The van der Waals surface area contributed by atoms with Gasteiger partial charge in [-0.15, -0.1) is 11.3 Å². The number of ether oxygens (including phenoxy) is 1. The number of pyridine rings is 2. The number of hydrogen-bond donors (Lipinski definition) is 1. The highest BCUT2D eigenvalue weighted by atomic mass is 32.1. The summed E-state index contributed by atoms with van der Waals surface area (Å²) < 4.78 is 6.92. The molecule has 1 unspecified atom stereocenters. The fourth-order valence-electron chi connectivity index (χ4n) is 7.84. The maximum absolute atomic E-state index is 13.6. The van der Waals surface area contributed by atoms with Gasteiger partial charge in [0.2, 0.25) is 0 Å². The van der Waals surface area contributed by atoms with Crippen LogP contribution in [0.3, 0.4) is 0 Å². The highest BCUT2D eigenvalue weighted by molar-refractivity contribution is 7.15. The molecule has 0 radical (unpaired) electrons. The molecule has 1 N–H and O–H groups in total. The first kappa shape index (κ1) is 32.4. The van der Waals surface area contributed by atoms with E-state index in [1.165, 1.54) is 32.0 Å². The van der Waals surface area contributed by atoms with Crippen LogP contribution in [0.25, 0.3) is 16.0 Å². The summed E-state index contributed by atoms with van der Waals surface area (Å²) in [6.07, 6.45) is 3.96. The predicted molar refractivity (Wildman–Crippen MR) is 201 cm³/mol. The third kappa shape index (κ3) is 5.59. The van der Waals surface area contributed by atoms with Gasteiger partial charge in [0.15, 0.2) is 0 Å². The Morgan fingerprint density at radius 3 is 2.04 bits per heavy atom. The van der Waals surface area contributed by atoms with Crippen molar-refractivity contribution < 1.29 is 9.53 Å². The molecule has 8 rings (SSSR count). The molecule has 0 saturated heterocycles. The first-order chi connectivity index (χ1) is 24.4. The van der Waals surface area contributed by atoms with E-state index in [2.05, 4.69) is 121 Å². The van der Waals surface area contributed by atoms with Crippen molar-refractivity contribution in [3.8, 4) is 10.4 Å². The minimum absolute atomic E-state index is 0.0342. The second-order valence-corrected chi connectivity index (χ2v) is 14.8. The Bertz CT molecular complexity index is 2140. The molecule has 6 aromatic rings. The minimum atomic E-state index is -0.595. The summed E-state index contributed by atoms with van der Waals surface area (Å²) in [5.74, 6) is -0.213. The van der Waals surface area contributed by atoms with Crippen molar-refractivity contribution in [1.29, 1.82) is 0 Å². The van der Waals surface area contributed by atoms with E-state index in [1.807, 2.05) is 23.6 Å². The molecule has 7 heteroatoms. The molecule has 1 fully saturated rings. The SMILES string of the molecule is CCOC(=O)c1cc(C2CC2)c2c(C)c(-c3cc4c(s3)CN(C)CC4NC(c3ccccc3)(c3ccccc3)c3ccccc3)ccn2c1=O. The first-order valence-electron chi connectivity index (χ1n) is 17.5. The number of benzene rings is 3. The molecule has 0 amide bonds. The molecule has 252 valence electrons. The molecule has 1 saturated carbocycles. The standard InChI is InChI=1S/C43H41N3O3S/c1-4-49-42(48)36-24-34(29-20-21-29)40-28(2)33(22-23-46(40)41(36)47)38-25-35-37(26-45(3)27-39(35)50-38)44-43(30-14-8-5-9-15-30,31-16-10-6-11-17-31)32-18-12-7-13-19-32/h5-19,22-25,29,37,44H,4,20-21,26-27H2,1-3H3. The van der Waals surface area contributed by atoms with Crippen LogP contribution in [0.15, 0.2) is 120 Å². The number of hydrogen-bond acceptors (Lipinski definition) is 6. The van der Waals surface area contributed by atoms with Gasteiger partial charge in [0.1, 0.15) is 5.56 Å². The molecule has 50 heavy (non-hydrogen) atoms. The van der Waals surface area contributed by atoms with Gasteiger partial charge < -0.3 is 4.74 Å². The van der Waals surface area contributed by atoms with E-state index in [0.29, 0.717) is 5.92 Å². The average molecular weight is 680 g/mol. The van der Waals surface area contributed by atoms with Gasteiger partial charge in [-0.1, -0.05) is 91.0 Å². The van der Waals surface area contributed by atoms with E-state index in [1.54, 1.807) is 17.4 Å². The van der Waals surface area contributed by atoms with Crippen LogP contribution >= 0.6 is 11.3 Å². The van der Waals surface area contributed by atoms with Gasteiger partial charge in [0.25, 0.3) is 5.56 Å². The van der Waals surface area contributed by atoms with Crippen molar-refractivity contribution in [2.45, 2.75) is 50.7 Å². The zero-order valence-corrected chi connectivity index (χ0v) is 29.5. The quantitative estimate of drug-likeness (QED) is 0.123. The van der Waals surface area contributed by atoms with Gasteiger partial charge in [0, 0.05) is 35.1 Å². The molecule has 0 spiro atoms. The fourth-order valence-corrected chi connectivity index (χ4v) is 9.22. The van der Waals surface area contributed by atoms with E-state index in [4.69, 9.17) is 4.74 Å². The van der Waals surface area contributed by atoms with E-state index in [0.717, 1.165) is 48.1 Å². The topological polar surface area (TPSA) is 63.1 Å². The molecule has 4 heterocycles. The van der Waals surface area contributed by atoms with Gasteiger partial charge in [0.05, 0.1) is 17.7 Å². The summed E-state index contributed by atoms with van der Waals surface area (Å²) in [6, 6.07) is 38.6. The lowest BCUT2D eigenvalue weighted by atomic mass is 9.76. The number of carbonyl (C=O) groups is 1. The second-order valence-electron chi connectivity index (χ2n) is 13.6. The lowest BCUT2D eigenvalue weighted by Gasteiger charge is -2.42. The van der Waals surface area contributed by atoms with Crippen LogP contribution in [0, 0.1) is 6.92 Å². The normalized spacial score (nSPS) is 16.3. The maximum atomic E-state index is 13.6. The predicted octanol–water partition coefficient (Wildman–Crippen LogP) is 8.46. The third-order valence-corrected chi connectivity index (χ3v) is 11.5. The monoisotopic (exact) mass is 679 g/mol. The van der Waals surface area contributed by atoms with Crippen LogP contribution in [0.2, 0.25) is 0 Å². The van der Waals surface area contributed by atoms with E-state index < -0.39 is 11.5 Å². The Morgan fingerprint density at radius 2 is 1.48 bits per heavy atom. The number of esters is 1. The molecule has 0 bridgehead atoms. The van der Waals surface area contributed by atoms with Crippen molar-refractivity contribution in [2.24, 2.45) is 0 Å². The van der Waals surface area contributed by atoms with Gasteiger partial charge in [-0.3, -0.25) is 19.4 Å². The Labute approximate surface area is 297 Å². The minimum Gasteiger partial charge on any atom is -0.462 e. The molecule has 6 nitrogen and oxygen atoms in total. The summed E-state index contributed by atoms with van der Waals surface area (Å²) in [6.45, 7) is 5.83. The smallest absolute Gasteiger partial charge is 0.343 e. The van der Waals surface area contributed by atoms with Crippen molar-refractivity contribution in [1.82, 2.24) is 14.6 Å². The Hall–Kier alpha value is -4.82. The summed E-state index contributed by atoms with van der Waals surface area (Å²) >= 11 is 1.84. The number of aromatic nitrogens is 1. The molecular formula is C43H41N3O3S. The van der Waals surface area contributed by atoms with E-state index in [-0.39, 0.29) is 23.8 Å². The van der Waals surface area contributed by atoms with Gasteiger partial charge >= 0.3 is 5.97 Å². The van der Waals surface area contributed by atoms with Crippen LogP contribution in [-0.2, 0) is 16.8 Å². The number of aryl methyl sites for hydroxylation is 1. The molecule has 3 aromatic heterocycles. The van der Waals surface area contributed by atoms with Gasteiger partial charge in [-0.25, -0.2) is 4.79 Å². The van der Waals surface area contributed by atoms with Gasteiger partial charge in [-0.05, 0) is 96.8 Å². The maximum Gasteiger partial charge on any atom is 0.343 e. The van der Waals surface area contributed by atoms with E-state index >= 15 is 0 Å². The second kappa shape index (κ2) is 13.1. The van der Waals surface area contributed by atoms with Crippen LogP contribution in [0.5, 0.6) is 0 Å². The van der Waals surface area contributed by atoms with Crippen LogP contribution in [0.4, 0.5) is 0 Å². The Morgan fingerprint density at radius 1 is 0.880 bits per heavy atom. The van der Waals surface area contributed by atoms with Crippen LogP contribution in [0.1, 0.15) is 80.3 Å². The van der Waals surface area contributed by atoms with Crippen molar-refractivity contribution in [3.63, 3.8) is 0 Å². The van der Waals surface area contributed by atoms with Crippen LogP contribution in [-0.4, -0.2) is 35.5 Å². The van der Waals surface area contributed by atoms with Crippen molar-refractivity contribution in [3.05, 3.63) is 170 Å². The van der Waals surface area contributed by atoms with E-state index in [9.17, 15) is 9.59 Å². The van der Waals surface area contributed by atoms with Crippen molar-refractivity contribution in [2.75, 3.05) is 20.2 Å². The lowest BCUT2D eigenvalue weighted by Crippen LogP contribution is -2.50. The average Bonchev–Trinajstić information content (AvgIpc) is 3.90. The number of nitrogens with zero attached hydrogens (tertiary/aromatic N) is 2. The largest absolute Gasteiger partial charge is 0.462 e. The molecule has 1 atom stereocenters. The molecule has 3 aromatic carbocycles. The fraction of sp³-hybridized carbons (Fsp3) is 0.256.